The van der Waals surface area contributed by atoms with E-state index in [1.54, 1.807) is 24.5 Å². The van der Waals surface area contributed by atoms with E-state index in [2.05, 4.69) is 4.90 Å². The van der Waals surface area contributed by atoms with Crippen LogP contribution >= 0.6 is 0 Å². The summed E-state index contributed by atoms with van der Waals surface area (Å²) < 4.78 is 21.6. The van der Waals surface area contributed by atoms with Crippen molar-refractivity contribution in [3.05, 3.63) is 62.2 Å². The number of aromatic nitrogens is 2. The molecule has 6 rings (SSSR count). The average molecular weight is 550 g/mol. The first-order valence-corrected chi connectivity index (χ1v) is 14.4. The summed E-state index contributed by atoms with van der Waals surface area (Å²) in [4.78, 5) is 33.5. The minimum atomic E-state index is -1.89. The molecule has 2 aromatic heterocycles. The molecule has 1 saturated heterocycles. The van der Waals surface area contributed by atoms with E-state index >= 15 is 0 Å². The number of piperidine rings is 1. The third-order valence-electron chi connectivity index (χ3n) is 9.20. The van der Waals surface area contributed by atoms with Gasteiger partial charge < -0.3 is 19.5 Å². The van der Waals surface area contributed by atoms with Crippen LogP contribution in [0.3, 0.4) is 0 Å². The van der Waals surface area contributed by atoms with Gasteiger partial charge in [-0.05, 0) is 74.9 Å². The molecule has 3 aliphatic heterocycles. The molecule has 8 nitrogen and oxygen atoms in total. The van der Waals surface area contributed by atoms with Crippen molar-refractivity contribution >= 4 is 16.9 Å². The zero-order valence-corrected chi connectivity index (χ0v) is 23.1. The summed E-state index contributed by atoms with van der Waals surface area (Å²) in [5.74, 6) is -0.427. The van der Waals surface area contributed by atoms with Crippen molar-refractivity contribution in [1.82, 2.24) is 14.5 Å². The highest BCUT2D eigenvalue weighted by Crippen LogP contribution is 2.41. The van der Waals surface area contributed by atoms with E-state index in [4.69, 9.17) is 14.8 Å². The molecule has 3 aromatic rings. The van der Waals surface area contributed by atoms with E-state index in [9.17, 15) is 19.1 Å². The Kier molecular flexibility index (Phi) is 7.01. The van der Waals surface area contributed by atoms with Gasteiger partial charge in [0.1, 0.15) is 12.4 Å². The minimum Gasteiger partial charge on any atom is -0.458 e. The Morgan fingerprint density at radius 1 is 1.15 bits per heavy atom. The molecule has 212 valence electrons. The lowest BCUT2D eigenvalue weighted by Crippen LogP contribution is -2.44. The van der Waals surface area contributed by atoms with E-state index in [0.29, 0.717) is 41.5 Å². The molecule has 0 amide bonds. The van der Waals surface area contributed by atoms with Gasteiger partial charge in [-0.25, -0.2) is 14.2 Å². The third-order valence-corrected chi connectivity index (χ3v) is 9.20. The van der Waals surface area contributed by atoms with Gasteiger partial charge in [0.25, 0.3) is 5.56 Å². The Balaban J connectivity index is 1.43. The minimum absolute atomic E-state index is 0.0748. The van der Waals surface area contributed by atoms with Gasteiger partial charge in [-0.2, -0.15) is 0 Å². The van der Waals surface area contributed by atoms with Gasteiger partial charge in [0, 0.05) is 35.7 Å². The van der Waals surface area contributed by atoms with Gasteiger partial charge in [-0.15, -0.1) is 0 Å². The summed E-state index contributed by atoms with van der Waals surface area (Å²) in [6.45, 7) is 6.39. The fourth-order valence-electron chi connectivity index (χ4n) is 6.67. The molecular formula is C31H36FN3O5. The molecule has 5 heterocycles. The van der Waals surface area contributed by atoms with Crippen LogP contribution in [0, 0.1) is 18.7 Å². The number of likely N-dealkylation sites (tertiary alicyclic amines) is 1. The molecule has 9 heteroatoms. The second kappa shape index (κ2) is 10.4. The lowest BCUT2D eigenvalue weighted by molar-refractivity contribution is -0.172. The summed E-state index contributed by atoms with van der Waals surface area (Å²) in [6.07, 6.45) is 5.31. The molecule has 0 radical (unpaired) electrons. The van der Waals surface area contributed by atoms with Crippen molar-refractivity contribution in [3.63, 3.8) is 0 Å². The van der Waals surface area contributed by atoms with E-state index in [1.807, 2.05) is 6.07 Å². The number of nitrogens with zero attached hydrogens (tertiary/aromatic N) is 3. The van der Waals surface area contributed by atoms with Crippen molar-refractivity contribution in [3.8, 4) is 11.4 Å². The number of aryl methyl sites for hydroxylation is 1. The number of aliphatic hydroxyl groups excluding tert-OH is 1. The van der Waals surface area contributed by atoms with Crippen LogP contribution in [0.4, 0.5) is 4.39 Å². The van der Waals surface area contributed by atoms with E-state index < -0.39 is 11.6 Å². The number of cyclic esters (lactones) is 1. The van der Waals surface area contributed by atoms with E-state index in [-0.39, 0.29) is 42.1 Å². The topological polar surface area (TPSA) is 105 Å². The van der Waals surface area contributed by atoms with Crippen molar-refractivity contribution < 1.29 is 24.1 Å². The molecule has 0 aliphatic carbocycles. The number of halogens is 1. The van der Waals surface area contributed by atoms with Crippen LogP contribution in [-0.4, -0.2) is 50.3 Å². The number of fused-ring (bicyclic) bond motifs is 5. The normalized spacial score (nSPS) is 20.9. The molecule has 0 saturated carbocycles. The quantitative estimate of drug-likeness (QED) is 0.266. The van der Waals surface area contributed by atoms with E-state index in [0.717, 1.165) is 61.7 Å². The number of carbonyl (C=O) groups excluding carboxylic acids is 1. The Morgan fingerprint density at radius 2 is 1.93 bits per heavy atom. The number of hydrogen-bond acceptors (Lipinski definition) is 7. The van der Waals surface area contributed by atoms with Crippen LogP contribution in [-0.2, 0) is 34.8 Å². The SMILES string of the molecule is CC[C@@]1(O)C(=O)OCc2c1cc1n(c2=O)Cc2c-1nc1cc(F)c(C)cc1c2CN1CCC(CCCCO)CC1. The molecule has 1 fully saturated rings. The third kappa shape index (κ3) is 4.35. The smallest absolute Gasteiger partial charge is 0.343 e. The van der Waals surface area contributed by atoms with Crippen LogP contribution in [0.1, 0.15) is 73.3 Å². The largest absolute Gasteiger partial charge is 0.458 e. The average Bonchev–Trinajstić information content (AvgIpc) is 3.32. The highest BCUT2D eigenvalue weighted by Gasteiger charge is 2.45. The summed E-state index contributed by atoms with van der Waals surface area (Å²) >= 11 is 0. The first-order chi connectivity index (χ1) is 19.2. The fourth-order valence-corrected chi connectivity index (χ4v) is 6.67. The lowest BCUT2D eigenvalue weighted by Gasteiger charge is -2.32. The summed E-state index contributed by atoms with van der Waals surface area (Å²) in [5.41, 5.74) is 2.55. The number of carbonyl (C=O) groups is 1. The van der Waals surface area contributed by atoms with Crippen LogP contribution in [0.25, 0.3) is 22.3 Å². The maximum absolute atomic E-state index is 14.7. The summed E-state index contributed by atoms with van der Waals surface area (Å²) in [6, 6.07) is 5.02. The number of rotatable bonds is 7. The first kappa shape index (κ1) is 27.1. The summed E-state index contributed by atoms with van der Waals surface area (Å²) in [7, 11) is 0. The molecule has 0 spiro atoms. The zero-order chi connectivity index (χ0) is 28.2. The Hall–Kier alpha value is -3.14. The van der Waals surface area contributed by atoms with Gasteiger partial charge in [-0.1, -0.05) is 19.8 Å². The second-order valence-electron chi connectivity index (χ2n) is 11.6. The molecule has 2 N–H and O–H groups in total. The molecule has 0 bridgehead atoms. The van der Waals surface area contributed by atoms with Gasteiger partial charge in [-0.3, -0.25) is 9.69 Å². The number of ether oxygens (including phenoxy) is 1. The lowest BCUT2D eigenvalue weighted by atomic mass is 9.86. The van der Waals surface area contributed by atoms with Crippen molar-refractivity contribution in [2.75, 3.05) is 19.7 Å². The monoisotopic (exact) mass is 549 g/mol. The molecule has 0 unspecified atom stereocenters. The van der Waals surface area contributed by atoms with Crippen LogP contribution in [0.5, 0.6) is 0 Å². The number of aliphatic hydroxyl groups is 2. The number of benzene rings is 1. The van der Waals surface area contributed by atoms with Crippen LogP contribution in [0.2, 0.25) is 0 Å². The predicted octanol–water partition coefficient (Wildman–Crippen LogP) is 3.90. The van der Waals surface area contributed by atoms with Gasteiger partial charge in [0.05, 0.1) is 29.0 Å². The predicted molar refractivity (Wildman–Crippen MR) is 148 cm³/mol. The first-order valence-electron chi connectivity index (χ1n) is 14.4. The van der Waals surface area contributed by atoms with E-state index in [1.165, 1.54) is 6.07 Å². The van der Waals surface area contributed by atoms with Crippen LogP contribution in [0.15, 0.2) is 23.0 Å². The van der Waals surface area contributed by atoms with Gasteiger partial charge >= 0.3 is 5.97 Å². The highest BCUT2D eigenvalue weighted by molar-refractivity contribution is 5.89. The molecule has 40 heavy (non-hydrogen) atoms. The van der Waals surface area contributed by atoms with Crippen molar-refractivity contribution in [1.29, 1.82) is 0 Å². The number of unbranched alkanes of at least 4 members (excludes halogenated alkanes) is 1. The Morgan fingerprint density at radius 3 is 2.65 bits per heavy atom. The number of hydrogen-bond donors (Lipinski definition) is 2. The maximum atomic E-state index is 14.7. The molecule has 3 aliphatic rings. The number of esters is 1. The standard InChI is InChI=1S/C31H36FN3O5/c1-3-31(39)24-13-27-28-22(16-35(27)29(37)23(24)17-40-30(31)38)21(20-12-18(2)25(32)14-26(20)33-28)15-34-9-7-19(8-10-34)6-4-5-11-36/h12-14,19,36,39H,3-11,15-17H2,1-2H3/t31-/m0/s1. The Labute approximate surface area is 232 Å². The van der Waals surface area contributed by atoms with Crippen LogP contribution < -0.4 is 5.56 Å². The summed E-state index contributed by atoms with van der Waals surface area (Å²) in [5, 5.41) is 21.2. The zero-order valence-electron chi connectivity index (χ0n) is 23.1. The fraction of sp³-hybridized carbons (Fsp3) is 0.516. The van der Waals surface area contributed by atoms with Gasteiger partial charge in [0.2, 0.25) is 0 Å². The van der Waals surface area contributed by atoms with Crippen molar-refractivity contribution in [2.24, 2.45) is 5.92 Å². The van der Waals surface area contributed by atoms with Crippen molar-refractivity contribution in [2.45, 2.75) is 77.7 Å². The maximum Gasteiger partial charge on any atom is 0.343 e. The Bertz CT molecular complexity index is 1560. The molecule has 1 aromatic carbocycles. The molecular weight excluding hydrogens is 513 g/mol. The van der Waals surface area contributed by atoms with Gasteiger partial charge in [0.15, 0.2) is 5.60 Å². The second-order valence-corrected chi connectivity index (χ2v) is 11.6. The molecule has 1 atom stereocenters. The highest BCUT2D eigenvalue weighted by atomic mass is 19.1. The number of pyridine rings is 2.